The van der Waals surface area contributed by atoms with Gasteiger partial charge in [0.1, 0.15) is 0 Å². The summed E-state index contributed by atoms with van der Waals surface area (Å²) in [7, 11) is 1.84. The smallest absolute Gasteiger partial charge is 0.0825 e. The molecule has 1 saturated heterocycles. The largest absolute Gasteiger partial charge is 0.377 e. The zero-order chi connectivity index (χ0) is 14.0. The predicted molar refractivity (Wildman–Crippen MR) is 83.2 cm³/mol. The summed E-state index contributed by atoms with van der Waals surface area (Å²) in [6.07, 6.45) is 5.04. The summed E-state index contributed by atoms with van der Waals surface area (Å²) in [6, 6.07) is 9.56. The third-order valence-corrected chi connectivity index (χ3v) is 4.64. The highest BCUT2D eigenvalue weighted by Crippen LogP contribution is 2.30. The van der Waals surface area contributed by atoms with E-state index < -0.39 is 0 Å². The monoisotopic (exact) mass is 274 g/mol. The van der Waals surface area contributed by atoms with Crippen molar-refractivity contribution in [1.82, 2.24) is 5.32 Å². The van der Waals surface area contributed by atoms with Gasteiger partial charge in [0, 0.05) is 38.5 Å². The van der Waals surface area contributed by atoms with E-state index in [2.05, 4.69) is 41.4 Å². The maximum absolute atomic E-state index is 5.72. The van der Waals surface area contributed by atoms with Crippen molar-refractivity contribution < 1.29 is 4.74 Å². The van der Waals surface area contributed by atoms with Crippen molar-refractivity contribution in [3.05, 3.63) is 29.8 Å². The standard InChI is InChI=1S/C17H26N2O/c1-17(20-2)10-5-11-19(13-17)16-7-4-3-6-14(16)12-18-15-8-9-15/h3-4,6-7,15,18H,5,8-13H2,1-2H3. The number of ether oxygens (including phenoxy) is 1. The Morgan fingerprint density at radius 1 is 1.35 bits per heavy atom. The molecule has 0 aromatic heterocycles. The number of hydrogen-bond acceptors (Lipinski definition) is 3. The summed E-state index contributed by atoms with van der Waals surface area (Å²) >= 11 is 0. The van der Waals surface area contributed by atoms with Crippen molar-refractivity contribution in [1.29, 1.82) is 0 Å². The van der Waals surface area contributed by atoms with Gasteiger partial charge in [-0.15, -0.1) is 0 Å². The third kappa shape index (κ3) is 3.15. The SMILES string of the molecule is COC1(C)CCCN(c2ccccc2CNC2CC2)C1. The molecule has 1 unspecified atom stereocenters. The van der Waals surface area contributed by atoms with Crippen LogP contribution in [0.15, 0.2) is 24.3 Å². The fraction of sp³-hybridized carbons (Fsp3) is 0.647. The van der Waals surface area contributed by atoms with Crippen molar-refractivity contribution in [2.75, 3.05) is 25.1 Å². The fourth-order valence-electron chi connectivity index (χ4n) is 3.09. The second-order valence-electron chi connectivity index (χ2n) is 6.46. The van der Waals surface area contributed by atoms with E-state index in [0.29, 0.717) is 0 Å². The van der Waals surface area contributed by atoms with E-state index >= 15 is 0 Å². The Morgan fingerprint density at radius 2 is 2.15 bits per heavy atom. The molecule has 1 N–H and O–H groups in total. The van der Waals surface area contributed by atoms with Gasteiger partial charge in [0.2, 0.25) is 0 Å². The Balaban J connectivity index is 1.74. The van der Waals surface area contributed by atoms with E-state index in [1.54, 1.807) is 0 Å². The summed E-state index contributed by atoms with van der Waals surface area (Å²) < 4.78 is 5.72. The lowest BCUT2D eigenvalue weighted by molar-refractivity contribution is -0.00468. The highest BCUT2D eigenvalue weighted by molar-refractivity contribution is 5.54. The van der Waals surface area contributed by atoms with E-state index in [1.807, 2.05) is 7.11 Å². The molecule has 0 amide bonds. The van der Waals surface area contributed by atoms with Crippen LogP contribution in [0.25, 0.3) is 0 Å². The van der Waals surface area contributed by atoms with Crippen LogP contribution < -0.4 is 10.2 Å². The van der Waals surface area contributed by atoms with E-state index in [4.69, 9.17) is 4.74 Å². The fourth-order valence-corrected chi connectivity index (χ4v) is 3.09. The molecule has 1 aromatic carbocycles. The molecule has 1 heterocycles. The highest BCUT2D eigenvalue weighted by atomic mass is 16.5. The van der Waals surface area contributed by atoms with Crippen LogP contribution in [0, 0.1) is 0 Å². The molecule has 2 fully saturated rings. The van der Waals surface area contributed by atoms with Crippen LogP contribution in [-0.2, 0) is 11.3 Å². The molecule has 0 spiro atoms. The lowest BCUT2D eigenvalue weighted by Crippen LogP contribution is -2.47. The second kappa shape index (κ2) is 5.74. The van der Waals surface area contributed by atoms with E-state index in [9.17, 15) is 0 Å². The quantitative estimate of drug-likeness (QED) is 0.893. The van der Waals surface area contributed by atoms with Gasteiger partial charge >= 0.3 is 0 Å². The Bertz CT molecular complexity index is 458. The minimum atomic E-state index is -0.00468. The molecule has 1 aliphatic carbocycles. The number of nitrogens with one attached hydrogen (secondary N) is 1. The highest BCUT2D eigenvalue weighted by Gasteiger charge is 2.31. The zero-order valence-corrected chi connectivity index (χ0v) is 12.7. The van der Waals surface area contributed by atoms with Crippen LogP contribution in [0.3, 0.4) is 0 Å². The van der Waals surface area contributed by atoms with Gasteiger partial charge < -0.3 is 15.0 Å². The van der Waals surface area contributed by atoms with Gasteiger partial charge in [-0.2, -0.15) is 0 Å². The predicted octanol–water partition coefficient (Wildman–Crippen LogP) is 2.94. The van der Waals surface area contributed by atoms with Crippen LogP contribution in [0.1, 0.15) is 38.2 Å². The number of hydrogen-bond donors (Lipinski definition) is 1. The maximum Gasteiger partial charge on any atom is 0.0825 e. The Kier molecular flexibility index (Phi) is 3.99. The number of rotatable bonds is 5. The first-order valence-corrected chi connectivity index (χ1v) is 7.82. The minimum absolute atomic E-state index is 0.00468. The van der Waals surface area contributed by atoms with Crippen LogP contribution in [0.2, 0.25) is 0 Å². The molecule has 0 bridgehead atoms. The molecule has 20 heavy (non-hydrogen) atoms. The van der Waals surface area contributed by atoms with Gasteiger partial charge in [0.15, 0.2) is 0 Å². The summed E-state index contributed by atoms with van der Waals surface area (Å²) in [5.74, 6) is 0. The molecular weight excluding hydrogens is 248 g/mol. The molecule has 1 saturated carbocycles. The minimum Gasteiger partial charge on any atom is -0.377 e. The third-order valence-electron chi connectivity index (χ3n) is 4.64. The van der Waals surface area contributed by atoms with Gasteiger partial charge in [-0.1, -0.05) is 18.2 Å². The summed E-state index contributed by atoms with van der Waals surface area (Å²) in [4.78, 5) is 2.50. The summed E-state index contributed by atoms with van der Waals surface area (Å²) in [5, 5.41) is 3.63. The van der Waals surface area contributed by atoms with Gasteiger partial charge in [-0.05, 0) is 44.2 Å². The van der Waals surface area contributed by atoms with E-state index in [-0.39, 0.29) is 5.60 Å². The maximum atomic E-state index is 5.72. The molecular formula is C17H26N2O. The first-order chi connectivity index (χ1) is 9.70. The van der Waals surface area contributed by atoms with Gasteiger partial charge in [0.25, 0.3) is 0 Å². The average Bonchev–Trinajstić information content (AvgIpc) is 3.30. The molecule has 110 valence electrons. The number of benzene rings is 1. The van der Waals surface area contributed by atoms with Gasteiger partial charge in [-0.25, -0.2) is 0 Å². The molecule has 1 aromatic rings. The van der Waals surface area contributed by atoms with E-state index in [0.717, 1.165) is 32.1 Å². The van der Waals surface area contributed by atoms with Crippen LogP contribution >= 0.6 is 0 Å². The molecule has 0 radical (unpaired) electrons. The number of para-hydroxylation sites is 1. The molecule has 3 nitrogen and oxygen atoms in total. The van der Waals surface area contributed by atoms with Crippen LogP contribution in [0.4, 0.5) is 5.69 Å². The van der Waals surface area contributed by atoms with Crippen molar-refractivity contribution in [3.8, 4) is 0 Å². The Morgan fingerprint density at radius 3 is 2.90 bits per heavy atom. The molecule has 3 rings (SSSR count). The zero-order valence-electron chi connectivity index (χ0n) is 12.7. The molecule has 2 aliphatic rings. The second-order valence-corrected chi connectivity index (χ2v) is 6.46. The van der Waals surface area contributed by atoms with Crippen LogP contribution in [0.5, 0.6) is 0 Å². The lowest BCUT2D eigenvalue weighted by atomic mass is 9.94. The van der Waals surface area contributed by atoms with Crippen molar-refractivity contribution in [2.24, 2.45) is 0 Å². The van der Waals surface area contributed by atoms with Crippen LogP contribution in [-0.4, -0.2) is 31.8 Å². The summed E-state index contributed by atoms with van der Waals surface area (Å²) in [6.45, 7) is 5.34. The lowest BCUT2D eigenvalue weighted by Gasteiger charge is -2.41. The first-order valence-electron chi connectivity index (χ1n) is 7.82. The first kappa shape index (κ1) is 13.9. The topological polar surface area (TPSA) is 24.5 Å². The van der Waals surface area contributed by atoms with Crippen molar-refractivity contribution >= 4 is 5.69 Å². The number of nitrogens with zero attached hydrogens (tertiary/aromatic N) is 1. The Hall–Kier alpha value is -1.06. The van der Waals surface area contributed by atoms with Gasteiger partial charge in [-0.3, -0.25) is 0 Å². The summed E-state index contributed by atoms with van der Waals surface area (Å²) in [5.41, 5.74) is 2.79. The molecule has 3 heteroatoms. The normalized spacial score (nSPS) is 26.8. The van der Waals surface area contributed by atoms with Gasteiger partial charge in [0.05, 0.1) is 5.60 Å². The van der Waals surface area contributed by atoms with E-state index in [1.165, 1.54) is 30.5 Å². The molecule has 1 aliphatic heterocycles. The molecule has 1 atom stereocenters. The number of anilines is 1. The number of methoxy groups -OCH3 is 1. The Labute approximate surface area is 122 Å². The van der Waals surface area contributed by atoms with Crippen molar-refractivity contribution in [2.45, 2.75) is 50.8 Å². The number of piperidine rings is 1. The average molecular weight is 274 g/mol. The van der Waals surface area contributed by atoms with Crippen molar-refractivity contribution in [3.63, 3.8) is 0 Å².